The van der Waals surface area contributed by atoms with E-state index in [1.54, 1.807) is 12.1 Å². The Morgan fingerprint density at radius 1 is 1.00 bits per heavy atom. The summed E-state index contributed by atoms with van der Waals surface area (Å²) < 4.78 is 13.2. The van der Waals surface area contributed by atoms with Crippen molar-refractivity contribution in [2.24, 2.45) is 34.5 Å². The molecule has 3 aliphatic carbocycles. The fourth-order valence-corrected chi connectivity index (χ4v) is 8.34. The normalized spacial score (nSPS) is 41.9. The van der Waals surface area contributed by atoms with Gasteiger partial charge >= 0.3 is 0 Å². The van der Waals surface area contributed by atoms with Crippen LogP contribution in [0.2, 0.25) is 0 Å². The standard InChI is InChI=1S/C26H35FN2O2/c1-25-14-12-20-18(8-11-22-26(20,2)15-13-23(30)29(22)3)19(25)9-10-21(25)24(31)28-17-6-4-16(27)5-7-17/h4-7,18-22H,8-15H2,1-3H3,(H,28,31)/t18-,19-,20+,21?,22?,25-,26+/m0/s1. The van der Waals surface area contributed by atoms with Crippen molar-refractivity contribution in [1.29, 1.82) is 0 Å². The van der Waals surface area contributed by atoms with Crippen molar-refractivity contribution in [2.75, 3.05) is 12.4 Å². The largest absolute Gasteiger partial charge is 0.342 e. The van der Waals surface area contributed by atoms with Crippen molar-refractivity contribution >= 4 is 17.5 Å². The Morgan fingerprint density at radius 3 is 2.45 bits per heavy atom. The molecule has 4 nitrogen and oxygen atoms in total. The van der Waals surface area contributed by atoms with Gasteiger partial charge in [0.15, 0.2) is 0 Å². The second-order valence-electron chi connectivity index (χ2n) is 11.2. The zero-order chi connectivity index (χ0) is 22.0. The molecule has 2 unspecified atom stereocenters. The van der Waals surface area contributed by atoms with Crippen LogP contribution < -0.4 is 5.32 Å². The van der Waals surface area contributed by atoms with Gasteiger partial charge < -0.3 is 10.2 Å². The molecule has 1 aromatic carbocycles. The summed E-state index contributed by atoms with van der Waals surface area (Å²) in [6, 6.07) is 6.44. The molecule has 1 saturated heterocycles. The zero-order valence-electron chi connectivity index (χ0n) is 19.0. The third-order valence-corrected chi connectivity index (χ3v) is 9.99. The van der Waals surface area contributed by atoms with Gasteiger partial charge in [0.1, 0.15) is 5.82 Å². The van der Waals surface area contributed by atoms with Crippen molar-refractivity contribution in [3.8, 4) is 0 Å². The fraction of sp³-hybridized carbons (Fsp3) is 0.692. The van der Waals surface area contributed by atoms with E-state index in [0.29, 0.717) is 41.8 Å². The lowest BCUT2D eigenvalue weighted by Gasteiger charge is -2.61. The van der Waals surface area contributed by atoms with Gasteiger partial charge in [-0.25, -0.2) is 4.39 Å². The lowest BCUT2D eigenvalue weighted by Crippen LogP contribution is -2.61. The number of hydrogen-bond acceptors (Lipinski definition) is 2. The molecule has 2 amide bonds. The number of benzene rings is 1. The second kappa shape index (κ2) is 7.31. The van der Waals surface area contributed by atoms with E-state index < -0.39 is 0 Å². The van der Waals surface area contributed by atoms with E-state index in [2.05, 4.69) is 19.2 Å². The number of hydrogen-bond donors (Lipinski definition) is 1. The monoisotopic (exact) mass is 426 g/mol. The summed E-state index contributed by atoms with van der Waals surface area (Å²) in [7, 11) is 2.00. The van der Waals surface area contributed by atoms with Crippen LogP contribution in [0.15, 0.2) is 24.3 Å². The average molecular weight is 427 g/mol. The lowest BCUT2D eigenvalue weighted by molar-refractivity contribution is -0.159. The molecule has 5 heteroatoms. The first kappa shape index (κ1) is 21.0. The highest BCUT2D eigenvalue weighted by atomic mass is 19.1. The van der Waals surface area contributed by atoms with Crippen LogP contribution in [0.25, 0.3) is 0 Å². The molecular weight excluding hydrogens is 391 g/mol. The maximum atomic E-state index is 13.2. The zero-order valence-corrected chi connectivity index (χ0v) is 19.0. The number of likely N-dealkylation sites (tertiary alicyclic amines) is 1. The molecule has 0 radical (unpaired) electrons. The highest BCUT2D eigenvalue weighted by Crippen LogP contribution is 2.66. The molecule has 4 aliphatic rings. The van der Waals surface area contributed by atoms with Crippen LogP contribution in [0.3, 0.4) is 0 Å². The van der Waals surface area contributed by atoms with Crippen molar-refractivity contribution in [3.63, 3.8) is 0 Å². The van der Waals surface area contributed by atoms with Gasteiger partial charge in [-0.15, -0.1) is 0 Å². The van der Waals surface area contributed by atoms with E-state index in [0.717, 1.165) is 38.5 Å². The van der Waals surface area contributed by atoms with Gasteiger partial charge in [0.05, 0.1) is 0 Å². The Hall–Kier alpha value is -1.91. The Kier molecular flexibility index (Phi) is 4.95. The molecule has 1 aliphatic heterocycles. The molecule has 1 heterocycles. The van der Waals surface area contributed by atoms with E-state index in [9.17, 15) is 14.0 Å². The summed E-state index contributed by atoms with van der Waals surface area (Å²) in [6.07, 6.45) is 8.27. The third kappa shape index (κ3) is 3.14. The minimum atomic E-state index is -0.289. The SMILES string of the molecule is CN1C(=O)CC[C@@]2(C)C1CC[C@@H]1[C@H]2CC[C@]2(C)C(C(=O)Nc3ccc(F)cc3)CC[C@@H]12. The van der Waals surface area contributed by atoms with E-state index in [1.807, 2.05) is 11.9 Å². The smallest absolute Gasteiger partial charge is 0.228 e. The molecule has 31 heavy (non-hydrogen) atoms. The molecule has 0 spiro atoms. The summed E-state index contributed by atoms with van der Waals surface area (Å²) in [4.78, 5) is 27.6. The predicted octanol–water partition coefficient (Wildman–Crippen LogP) is 5.24. The van der Waals surface area contributed by atoms with Gasteiger partial charge in [-0.05, 0) is 97.8 Å². The molecule has 0 bridgehead atoms. The minimum Gasteiger partial charge on any atom is -0.342 e. The molecule has 1 N–H and O–H groups in total. The van der Waals surface area contributed by atoms with Crippen LogP contribution in [0, 0.1) is 40.3 Å². The Bertz CT molecular complexity index is 886. The van der Waals surface area contributed by atoms with Gasteiger partial charge in [0.25, 0.3) is 0 Å². The van der Waals surface area contributed by atoms with Gasteiger partial charge in [-0.1, -0.05) is 13.8 Å². The number of rotatable bonds is 2. The van der Waals surface area contributed by atoms with Crippen LogP contribution >= 0.6 is 0 Å². The Labute approximate surface area is 185 Å². The predicted molar refractivity (Wildman–Crippen MR) is 119 cm³/mol. The summed E-state index contributed by atoms with van der Waals surface area (Å²) in [5.41, 5.74) is 0.918. The number of piperidine rings is 1. The Balaban J connectivity index is 1.35. The maximum absolute atomic E-state index is 13.2. The van der Waals surface area contributed by atoms with Gasteiger partial charge in [-0.2, -0.15) is 0 Å². The molecular formula is C26H35FN2O2. The van der Waals surface area contributed by atoms with Crippen LogP contribution in [0.4, 0.5) is 10.1 Å². The quantitative estimate of drug-likeness (QED) is 0.703. The maximum Gasteiger partial charge on any atom is 0.228 e. The van der Waals surface area contributed by atoms with Crippen LogP contribution in [0.1, 0.15) is 65.2 Å². The molecule has 168 valence electrons. The summed E-state index contributed by atoms with van der Waals surface area (Å²) in [5, 5.41) is 3.06. The minimum absolute atomic E-state index is 0.0182. The Morgan fingerprint density at radius 2 is 1.71 bits per heavy atom. The topological polar surface area (TPSA) is 49.4 Å². The molecule has 7 atom stereocenters. The number of nitrogens with one attached hydrogen (secondary N) is 1. The lowest BCUT2D eigenvalue weighted by atomic mass is 9.47. The van der Waals surface area contributed by atoms with Crippen molar-refractivity contribution < 1.29 is 14.0 Å². The van der Waals surface area contributed by atoms with Gasteiger partial charge in [0.2, 0.25) is 11.8 Å². The first-order chi connectivity index (χ1) is 14.7. The number of fused-ring (bicyclic) bond motifs is 5. The third-order valence-electron chi connectivity index (χ3n) is 9.99. The molecule has 1 aromatic rings. The molecule has 4 fully saturated rings. The highest BCUT2D eigenvalue weighted by molar-refractivity contribution is 5.93. The van der Waals surface area contributed by atoms with Crippen LogP contribution in [0.5, 0.6) is 0 Å². The van der Waals surface area contributed by atoms with E-state index in [1.165, 1.54) is 18.6 Å². The average Bonchev–Trinajstić information content (AvgIpc) is 3.10. The number of amides is 2. The van der Waals surface area contributed by atoms with E-state index in [4.69, 9.17) is 0 Å². The molecule has 3 saturated carbocycles. The fourth-order valence-electron chi connectivity index (χ4n) is 8.34. The van der Waals surface area contributed by atoms with Crippen molar-refractivity contribution in [3.05, 3.63) is 30.1 Å². The number of halogens is 1. The first-order valence-electron chi connectivity index (χ1n) is 12.1. The van der Waals surface area contributed by atoms with Crippen molar-refractivity contribution in [2.45, 2.75) is 71.3 Å². The second-order valence-corrected chi connectivity index (χ2v) is 11.2. The molecule has 0 aromatic heterocycles. The first-order valence-corrected chi connectivity index (χ1v) is 12.1. The van der Waals surface area contributed by atoms with Crippen LogP contribution in [-0.2, 0) is 9.59 Å². The van der Waals surface area contributed by atoms with Crippen molar-refractivity contribution in [1.82, 2.24) is 4.90 Å². The highest BCUT2D eigenvalue weighted by Gasteiger charge is 2.62. The number of carbonyl (C=O) groups excluding carboxylic acids is 2. The van der Waals surface area contributed by atoms with Gasteiger partial charge in [0, 0.05) is 31.1 Å². The van der Waals surface area contributed by atoms with E-state index >= 15 is 0 Å². The number of carbonyl (C=O) groups is 2. The summed E-state index contributed by atoms with van der Waals surface area (Å²) >= 11 is 0. The summed E-state index contributed by atoms with van der Waals surface area (Å²) in [5.74, 6) is 2.02. The van der Waals surface area contributed by atoms with Crippen LogP contribution in [-0.4, -0.2) is 29.8 Å². The number of anilines is 1. The summed E-state index contributed by atoms with van der Waals surface area (Å²) in [6.45, 7) is 4.79. The molecule has 5 rings (SSSR count). The number of nitrogens with zero attached hydrogens (tertiary/aromatic N) is 1. The van der Waals surface area contributed by atoms with E-state index in [-0.39, 0.29) is 28.5 Å². The van der Waals surface area contributed by atoms with Gasteiger partial charge in [-0.3, -0.25) is 9.59 Å².